The van der Waals surface area contributed by atoms with Gasteiger partial charge in [-0.15, -0.1) is 0 Å². The van der Waals surface area contributed by atoms with Crippen LogP contribution in [0, 0.1) is 12.8 Å². The third kappa shape index (κ3) is 5.22. The molecule has 1 atom stereocenters. The number of piperidine rings is 1. The maximum atomic E-state index is 12.5. The molecule has 1 aromatic rings. The molecule has 2 heterocycles. The Bertz CT molecular complexity index is 671. The number of likely N-dealkylation sites (tertiary alicyclic amines) is 1. The number of amides is 1. The average molecular weight is 373 g/mol. The van der Waals surface area contributed by atoms with E-state index in [-0.39, 0.29) is 17.8 Å². The molecule has 0 radical (unpaired) electrons. The number of carbonyl (C=O) groups excluding carboxylic acids is 2. The second kappa shape index (κ2) is 9.22. The van der Waals surface area contributed by atoms with Crippen LogP contribution in [0.3, 0.4) is 0 Å². The standard InChI is InChI=1S/C21H31N3O3/c1-3-27-21(26)17-7-6-10-23(14-17)15-20(25)22-19-9-8-18(13-16(19)2)24-11-4-5-12-24/h8-9,13,17H,3-7,10-12,14-15H2,1-2H3,(H,22,25). The second-order valence-electron chi connectivity index (χ2n) is 7.57. The third-order valence-electron chi connectivity index (χ3n) is 5.45. The van der Waals surface area contributed by atoms with Gasteiger partial charge in [0.1, 0.15) is 0 Å². The summed E-state index contributed by atoms with van der Waals surface area (Å²) in [6.45, 7) is 8.24. The van der Waals surface area contributed by atoms with E-state index in [0.29, 0.717) is 19.7 Å². The van der Waals surface area contributed by atoms with Crippen LogP contribution in [0.4, 0.5) is 11.4 Å². The van der Waals surface area contributed by atoms with E-state index in [4.69, 9.17) is 4.74 Å². The summed E-state index contributed by atoms with van der Waals surface area (Å²) in [6, 6.07) is 6.24. The topological polar surface area (TPSA) is 61.9 Å². The van der Waals surface area contributed by atoms with Crippen LogP contribution in [-0.4, -0.2) is 56.1 Å². The largest absolute Gasteiger partial charge is 0.466 e. The van der Waals surface area contributed by atoms with Crippen LogP contribution < -0.4 is 10.2 Å². The SMILES string of the molecule is CCOC(=O)C1CCCN(CC(=O)Nc2ccc(N3CCCC3)cc2C)C1. The third-order valence-corrected chi connectivity index (χ3v) is 5.45. The van der Waals surface area contributed by atoms with E-state index < -0.39 is 0 Å². The van der Waals surface area contributed by atoms with Crippen molar-refractivity contribution in [2.75, 3.05) is 49.5 Å². The van der Waals surface area contributed by atoms with Gasteiger partial charge in [-0.25, -0.2) is 0 Å². The second-order valence-corrected chi connectivity index (χ2v) is 7.57. The van der Waals surface area contributed by atoms with Crippen LogP contribution in [0.25, 0.3) is 0 Å². The quantitative estimate of drug-likeness (QED) is 0.777. The Morgan fingerprint density at radius 1 is 1.19 bits per heavy atom. The van der Waals surface area contributed by atoms with Crippen LogP contribution in [0.1, 0.15) is 38.2 Å². The predicted octanol–water partition coefficient (Wildman–Crippen LogP) is 2.81. The molecule has 0 aliphatic carbocycles. The molecular formula is C21H31N3O3. The Hall–Kier alpha value is -2.08. The van der Waals surface area contributed by atoms with Gasteiger partial charge in [-0.2, -0.15) is 0 Å². The van der Waals surface area contributed by atoms with Gasteiger partial charge in [-0.05, 0) is 69.8 Å². The zero-order chi connectivity index (χ0) is 19.2. The number of rotatable bonds is 6. The van der Waals surface area contributed by atoms with Crippen molar-refractivity contribution in [2.45, 2.75) is 39.5 Å². The molecule has 27 heavy (non-hydrogen) atoms. The number of aryl methyl sites for hydroxylation is 1. The van der Waals surface area contributed by atoms with Crippen molar-refractivity contribution < 1.29 is 14.3 Å². The molecule has 1 unspecified atom stereocenters. The van der Waals surface area contributed by atoms with E-state index in [1.165, 1.54) is 18.5 Å². The summed E-state index contributed by atoms with van der Waals surface area (Å²) in [4.78, 5) is 28.9. The van der Waals surface area contributed by atoms with Gasteiger partial charge in [-0.3, -0.25) is 14.5 Å². The summed E-state index contributed by atoms with van der Waals surface area (Å²) >= 11 is 0. The number of esters is 1. The van der Waals surface area contributed by atoms with Crippen molar-refractivity contribution in [1.29, 1.82) is 0 Å². The molecule has 6 heteroatoms. The van der Waals surface area contributed by atoms with E-state index in [0.717, 1.165) is 43.7 Å². The molecule has 1 amide bonds. The van der Waals surface area contributed by atoms with Crippen LogP contribution in [0.5, 0.6) is 0 Å². The van der Waals surface area contributed by atoms with Crippen LogP contribution in [-0.2, 0) is 14.3 Å². The number of hydrogen-bond donors (Lipinski definition) is 1. The van der Waals surface area contributed by atoms with E-state index in [1.54, 1.807) is 0 Å². The summed E-state index contributed by atoms with van der Waals surface area (Å²) in [7, 11) is 0. The van der Waals surface area contributed by atoms with E-state index >= 15 is 0 Å². The van der Waals surface area contributed by atoms with Crippen molar-refractivity contribution in [1.82, 2.24) is 4.90 Å². The van der Waals surface area contributed by atoms with Crippen LogP contribution in [0.2, 0.25) is 0 Å². The molecule has 2 saturated heterocycles. The zero-order valence-electron chi connectivity index (χ0n) is 16.5. The highest BCUT2D eigenvalue weighted by molar-refractivity contribution is 5.93. The fraction of sp³-hybridized carbons (Fsp3) is 0.619. The molecule has 0 bridgehead atoms. The molecule has 1 N–H and O–H groups in total. The molecule has 2 fully saturated rings. The molecule has 2 aliphatic rings. The highest BCUT2D eigenvalue weighted by Crippen LogP contribution is 2.25. The normalized spacial score (nSPS) is 20.5. The number of anilines is 2. The Morgan fingerprint density at radius 3 is 2.67 bits per heavy atom. The van der Waals surface area contributed by atoms with Gasteiger partial charge in [0.2, 0.25) is 5.91 Å². The number of carbonyl (C=O) groups is 2. The summed E-state index contributed by atoms with van der Waals surface area (Å²) in [5.41, 5.74) is 3.18. The maximum Gasteiger partial charge on any atom is 0.310 e. The lowest BCUT2D eigenvalue weighted by atomic mass is 9.98. The number of nitrogens with zero attached hydrogens (tertiary/aromatic N) is 2. The first-order chi connectivity index (χ1) is 13.1. The monoisotopic (exact) mass is 373 g/mol. The molecule has 2 aliphatic heterocycles. The first-order valence-corrected chi connectivity index (χ1v) is 10.1. The molecule has 0 spiro atoms. The first kappa shape index (κ1) is 19.7. The highest BCUT2D eigenvalue weighted by Gasteiger charge is 2.27. The van der Waals surface area contributed by atoms with Gasteiger partial charge in [0, 0.05) is 31.0 Å². The average Bonchev–Trinajstić information content (AvgIpc) is 3.18. The van der Waals surface area contributed by atoms with Gasteiger partial charge >= 0.3 is 5.97 Å². The zero-order valence-corrected chi connectivity index (χ0v) is 16.5. The number of hydrogen-bond acceptors (Lipinski definition) is 5. The van der Waals surface area contributed by atoms with Gasteiger partial charge in [0.25, 0.3) is 0 Å². The van der Waals surface area contributed by atoms with Crippen molar-refractivity contribution >= 4 is 23.3 Å². The molecule has 0 saturated carbocycles. The maximum absolute atomic E-state index is 12.5. The van der Waals surface area contributed by atoms with Crippen molar-refractivity contribution in [3.05, 3.63) is 23.8 Å². The fourth-order valence-corrected chi connectivity index (χ4v) is 4.00. The molecule has 148 valence electrons. The van der Waals surface area contributed by atoms with Gasteiger partial charge < -0.3 is 15.0 Å². The minimum Gasteiger partial charge on any atom is -0.466 e. The number of ether oxygens (including phenoxy) is 1. The molecule has 6 nitrogen and oxygen atoms in total. The highest BCUT2D eigenvalue weighted by atomic mass is 16.5. The summed E-state index contributed by atoms with van der Waals surface area (Å²) < 4.78 is 5.13. The number of benzene rings is 1. The lowest BCUT2D eigenvalue weighted by molar-refractivity contribution is -0.150. The van der Waals surface area contributed by atoms with Crippen LogP contribution in [0.15, 0.2) is 18.2 Å². The summed E-state index contributed by atoms with van der Waals surface area (Å²) in [6.07, 6.45) is 4.26. The van der Waals surface area contributed by atoms with Crippen molar-refractivity contribution in [2.24, 2.45) is 5.92 Å². The van der Waals surface area contributed by atoms with Gasteiger partial charge in [0.05, 0.1) is 19.1 Å². The molecular weight excluding hydrogens is 342 g/mol. The van der Waals surface area contributed by atoms with E-state index in [1.807, 2.05) is 24.8 Å². The van der Waals surface area contributed by atoms with Gasteiger partial charge in [0.15, 0.2) is 0 Å². The Labute approximate surface area is 161 Å². The van der Waals surface area contributed by atoms with E-state index in [9.17, 15) is 9.59 Å². The fourth-order valence-electron chi connectivity index (χ4n) is 4.00. The molecule has 3 rings (SSSR count). The minimum atomic E-state index is -0.143. The molecule has 1 aromatic carbocycles. The molecule has 0 aromatic heterocycles. The van der Waals surface area contributed by atoms with Crippen molar-refractivity contribution in [3.8, 4) is 0 Å². The van der Waals surface area contributed by atoms with Crippen molar-refractivity contribution in [3.63, 3.8) is 0 Å². The lowest BCUT2D eigenvalue weighted by Gasteiger charge is -2.30. The van der Waals surface area contributed by atoms with E-state index in [2.05, 4.69) is 22.3 Å². The Balaban J connectivity index is 1.53. The van der Waals surface area contributed by atoms with Gasteiger partial charge in [-0.1, -0.05) is 0 Å². The smallest absolute Gasteiger partial charge is 0.310 e. The summed E-state index contributed by atoms with van der Waals surface area (Å²) in [5.74, 6) is -0.291. The number of nitrogens with one attached hydrogen (secondary N) is 1. The predicted molar refractivity (Wildman–Crippen MR) is 107 cm³/mol. The first-order valence-electron chi connectivity index (χ1n) is 10.1. The Morgan fingerprint density at radius 2 is 1.96 bits per heavy atom. The Kier molecular flexibility index (Phi) is 6.72. The lowest BCUT2D eigenvalue weighted by Crippen LogP contribution is -2.43. The van der Waals surface area contributed by atoms with Crippen LogP contribution >= 0.6 is 0 Å². The minimum absolute atomic E-state index is 0.0310. The summed E-state index contributed by atoms with van der Waals surface area (Å²) in [5, 5.41) is 3.03.